The molecule has 5 heteroatoms. The highest BCUT2D eigenvalue weighted by atomic mass is 16.5. The van der Waals surface area contributed by atoms with Gasteiger partial charge in [-0.25, -0.2) is 0 Å². The molecule has 0 atom stereocenters. The maximum atomic E-state index is 12.4. The second-order valence-electron chi connectivity index (χ2n) is 5.56. The lowest BCUT2D eigenvalue weighted by Gasteiger charge is -2.20. The van der Waals surface area contributed by atoms with Gasteiger partial charge < -0.3 is 14.8 Å². The molecule has 0 spiro atoms. The van der Waals surface area contributed by atoms with Crippen molar-refractivity contribution < 1.29 is 9.84 Å². The van der Waals surface area contributed by atoms with E-state index in [0.717, 1.165) is 16.9 Å². The van der Waals surface area contributed by atoms with Crippen molar-refractivity contribution in [1.29, 1.82) is 0 Å². The van der Waals surface area contributed by atoms with Crippen LogP contribution in [-0.4, -0.2) is 15.1 Å². The monoisotopic (exact) mass is 306 g/mol. The Morgan fingerprint density at radius 1 is 1.17 bits per heavy atom. The van der Waals surface area contributed by atoms with Crippen LogP contribution in [-0.2, 0) is 6.42 Å². The summed E-state index contributed by atoms with van der Waals surface area (Å²) in [7, 11) is 0. The molecule has 1 aliphatic heterocycles. The van der Waals surface area contributed by atoms with Crippen LogP contribution in [0.5, 0.6) is 17.4 Å². The molecule has 1 aromatic heterocycles. The molecule has 0 amide bonds. The third-order valence-electron chi connectivity index (χ3n) is 4.00. The van der Waals surface area contributed by atoms with Gasteiger partial charge in [0.15, 0.2) is 0 Å². The van der Waals surface area contributed by atoms with Crippen LogP contribution in [0.3, 0.4) is 0 Å². The largest absolute Gasteiger partial charge is 0.507 e. The molecule has 114 valence electrons. The van der Waals surface area contributed by atoms with E-state index in [1.165, 1.54) is 0 Å². The molecule has 0 radical (unpaired) electrons. The third kappa shape index (κ3) is 2.17. The van der Waals surface area contributed by atoms with Crippen LogP contribution in [0.4, 0.5) is 0 Å². The maximum absolute atomic E-state index is 12.4. The van der Waals surface area contributed by atoms with E-state index < -0.39 is 0 Å². The first-order valence-electron chi connectivity index (χ1n) is 7.31. The molecule has 0 bridgehead atoms. The average Bonchev–Trinajstić information content (AvgIpc) is 2.54. The SMILES string of the molecule is Cc1cccc2c1Oc1nc(-c3ccccc3O)[nH]c(=O)c1C2. The summed E-state index contributed by atoms with van der Waals surface area (Å²) in [5.74, 6) is 1.40. The lowest BCUT2D eigenvalue weighted by molar-refractivity contribution is 0.434. The van der Waals surface area contributed by atoms with E-state index in [1.807, 2.05) is 25.1 Å². The number of fused-ring (bicyclic) bond motifs is 2. The molecule has 2 heterocycles. The molecule has 4 rings (SSSR count). The molecule has 0 fully saturated rings. The van der Waals surface area contributed by atoms with Gasteiger partial charge >= 0.3 is 0 Å². The minimum absolute atomic E-state index is 0.0583. The lowest BCUT2D eigenvalue weighted by Crippen LogP contribution is -2.20. The zero-order chi connectivity index (χ0) is 16.0. The Kier molecular flexibility index (Phi) is 2.94. The molecule has 2 aromatic carbocycles. The summed E-state index contributed by atoms with van der Waals surface area (Å²) in [6, 6.07) is 12.6. The second-order valence-corrected chi connectivity index (χ2v) is 5.56. The molecule has 2 N–H and O–H groups in total. The predicted octanol–water partition coefficient (Wildman–Crippen LogP) is 3.15. The quantitative estimate of drug-likeness (QED) is 0.566. The Morgan fingerprint density at radius 2 is 2.00 bits per heavy atom. The molecule has 1 aliphatic rings. The fraction of sp³-hybridized carbons (Fsp3) is 0.111. The van der Waals surface area contributed by atoms with Crippen molar-refractivity contribution in [3.63, 3.8) is 0 Å². The van der Waals surface area contributed by atoms with Gasteiger partial charge in [0.1, 0.15) is 17.3 Å². The highest BCUT2D eigenvalue weighted by Crippen LogP contribution is 2.37. The van der Waals surface area contributed by atoms with Crippen molar-refractivity contribution in [3.8, 4) is 28.8 Å². The number of ether oxygens (including phenoxy) is 1. The number of nitrogens with zero attached hydrogens (tertiary/aromatic N) is 1. The van der Waals surface area contributed by atoms with Gasteiger partial charge in [0.25, 0.3) is 5.56 Å². The van der Waals surface area contributed by atoms with Crippen molar-refractivity contribution >= 4 is 0 Å². The van der Waals surface area contributed by atoms with Gasteiger partial charge in [0, 0.05) is 6.42 Å². The first-order chi connectivity index (χ1) is 11.1. The Bertz CT molecular complexity index is 976. The van der Waals surface area contributed by atoms with E-state index in [-0.39, 0.29) is 11.3 Å². The number of benzene rings is 2. The Balaban J connectivity index is 1.87. The van der Waals surface area contributed by atoms with Crippen LogP contribution >= 0.6 is 0 Å². The zero-order valence-corrected chi connectivity index (χ0v) is 12.5. The summed E-state index contributed by atoms with van der Waals surface area (Å²) in [4.78, 5) is 19.5. The molecule has 0 saturated heterocycles. The number of hydrogen-bond acceptors (Lipinski definition) is 4. The number of aromatic nitrogens is 2. The number of phenolic OH excluding ortho intramolecular Hbond substituents is 1. The van der Waals surface area contributed by atoms with Crippen LogP contribution in [0.15, 0.2) is 47.3 Å². The van der Waals surface area contributed by atoms with Crippen molar-refractivity contribution in [1.82, 2.24) is 9.97 Å². The van der Waals surface area contributed by atoms with Gasteiger partial charge in [-0.15, -0.1) is 0 Å². The van der Waals surface area contributed by atoms with E-state index in [9.17, 15) is 9.90 Å². The van der Waals surface area contributed by atoms with Gasteiger partial charge in [-0.3, -0.25) is 4.79 Å². The third-order valence-corrected chi connectivity index (χ3v) is 4.00. The Morgan fingerprint density at radius 3 is 2.83 bits per heavy atom. The van der Waals surface area contributed by atoms with E-state index in [4.69, 9.17) is 4.74 Å². The van der Waals surface area contributed by atoms with Crippen LogP contribution in [0, 0.1) is 6.92 Å². The van der Waals surface area contributed by atoms with Gasteiger partial charge in [-0.2, -0.15) is 4.98 Å². The van der Waals surface area contributed by atoms with Crippen LogP contribution < -0.4 is 10.3 Å². The number of hydrogen-bond donors (Lipinski definition) is 2. The summed E-state index contributed by atoms with van der Waals surface area (Å²) in [6.45, 7) is 1.96. The molecule has 5 nitrogen and oxygen atoms in total. The van der Waals surface area contributed by atoms with Crippen LogP contribution in [0.2, 0.25) is 0 Å². The minimum atomic E-state index is -0.250. The predicted molar refractivity (Wildman–Crippen MR) is 86.0 cm³/mol. The summed E-state index contributed by atoms with van der Waals surface area (Å²) in [5.41, 5.74) is 2.69. The number of rotatable bonds is 1. The molecule has 3 aromatic rings. The highest BCUT2D eigenvalue weighted by molar-refractivity contribution is 5.64. The van der Waals surface area contributed by atoms with Gasteiger partial charge in [0.2, 0.25) is 5.88 Å². The first kappa shape index (κ1) is 13.6. The molecule has 0 unspecified atom stereocenters. The Hall–Kier alpha value is -3.08. The van der Waals surface area contributed by atoms with Crippen LogP contribution in [0.25, 0.3) is 11.4 Å². The molecule has 0 saturated carbocycles. The molecule has 23 heavy (non-hydrogen) atoms. The van der Waals surface area contributed by atoms with Gasteiger partial charge in [-0.1, -0.05) is 30.3 Å². The van der Waals surface area contributed by atoms with Crippen molar-refractivity contribution in [2.75, 3.05) is 0 Å². The average molecular weight is 306 g/mol. The van der Waals surface area contributed by atoms with Gasteiger partial charge in [0.05, 0.1) is 11.1 Å². The number of nitrogens with one attached hydrogen (secondary N) is 1. The van der Waals surface area contributed by atoms with Crippen LogP contribution in [0.1, 0.15) is 16.7 Å². The Labute approximate surface area is 132 Å². The standard InChI is InChI=1S/C18H14N2O3/c1-10-5-4-6-11-9-13-17(22)19-16(20-18(13)23-15(10)11)12-7-2-3-8-14(12)21/h2-8,21H,9H2,1H3,(H,19,20,22). The van der Waals surface area contributed by atoms with E-state index in [1.54, 1.807) is 24.3 Å². The molecular weight excluding hydrogens is 292 g/mol. The van der Waals surface area contributed by atoms with Crippen molar-refractivity contribution in [2.45, 2.75) is 13.3 Å². The normalized spacial score (nSPS) is 12.2. The summed E-state index contributed by atoms with van der Waals surface area (Å²) >= 11 is 0. The molecular formula is C18H14N2O3. The number of aromatic hydroxyl groups is 1. The first-order valence-corrected chi connectivity index (χ1v) is 7.31. The number of para-hydroxylation sites is 2. The summed E-state index contributed by atoms with van der Waals surface area (Å²) in [6.07, 6.45) is 0.482. The fourth-order valence-electron chi connectivity index (χ4n) is 2.80. The number of H-pyrrole nitrogens is 1. The number of aromatic amines is 1. The smallest absolute Gasteiger partial charge is 0.258 e. The van der Waals surface area contributed by atoms with E-state index in [0.29, 0.717) is 29.3 Å². The van der Waals surface area contributed by atoms with Gasteiger partial charge in [-0.05, 0) is 30.2 Å². The summed E-state index contributed by atoms with van der Waals surface area (Å²) in [5, 5.41) is 9.96. The van der Waals surface area contributed by atoms with Crippen molar-refractivity contribution in [2.24, 2.45) is 0 Å². The van der Waals surface area contributed by atoms with Crippen molar-refractivity contribution in [3.05, 3.63) is 69.5 Å². The second kappa shape index (κ2) is 4.98. The zero-order valence-electron chi connectivity index (χ0n) is 12.5. The summed E-state index contributed by atoms with van der Waals surface area (Å²) < 4.78 is 5.88. The lowest BCUT2D eigenvalue weighted by atomic mass is 10.0. The fourth-order valence-corrected chi connectivity index (χ4v) is 2.80. The molecule has 0 aliphatic carbocycles. The maximum Gasteiger partial charge on any atom is 0.258 e. The number of aryl methyl sites for hydroxylation is 1. The number of phenols is 1. The highest BCUT2D eigenvalue weighted by Gasteiger charge is 2.23. The van der Waals surface area contributed by atoms with E-state index in [2.05, 4.69) is 9.97 Å². The topological polar surface area (TPSA) is 75.2 Å². The van der Waals surface area contributed by atoms with E-state index >= 15 is 0 Å². The minimum Gasteiger partial charge on any atom is -0.507 e.